The van der Waals surface area contributed by atoms with E-state index >= 15 is 0 Å². The van der Waals surface area contributed by atoms with Gasteiger partial charge in [0.05, 0.1) is 16.9 Å². The lowest BCUT2D eigenvalue weighted by molar-refractivity contribution is -0.137. The molecule has 1 aromatic heterocycles. The average molecular weight is 449 g/mol. The molecule has 1 heterocycles. The number of benzene rings is 2. The lowest BCUT2D eigenvalue weighted by Gasteiger charge is -2.34. The molecule has 0 aliphatic carbocycles. The minimum Gasteiger partial charge on any atom is -0.593 e. The molecule has 2 aromatic carbocycles. The Hall–Kier alpha value is -2.75. The Balaban J connectivity index is 2.30. The Morgan fingerprint density at radius 1 is 1.03 bits per heavy atom. The first-order valence-electron chi connectivity index (χ1n) is 9.16. The summed E-state index contributed by atoms with van der Waals surface area (Å²) in [4.78, 5) is 8.67. The van der Waals surface area contributed by atoms with E-state index in [0.29, 0.717) is 11.6 Å². The molecule has 162 valence electrons. The van der Waals surface area contributed by atoms with E-state index in [1.54, 1.807) is 36.4 Å². The summed E-state index contributed by atoms with van der Waals surface area (Å²) >= 11 is -1.88. The van der Waals surface area contributed by atoms with Crippen LogP contribution in [-0.4, -0.2) is 14.5 Å². The van der Waals surface area contributed by atoms with Crippen LogP contribution in [0.4, 0.5) is 17.6 Å². The molecule has 0 radical (unpaired) electrons. The molecule has 31 heavy (non-hydrogen) atoms. The fourth-order valence-electron chi connectivity index (χ4n) is 3.12. The van der Waals surface area contributed by atoms with Crippen LogP contribution >= 0.6 is 0 Å². The molecule has 0 bridgehead atoms. The highest BCUT2D eigenvalue weighted by molar-refractivity contribution is 7.93. The topological polar surface area (TPSA) is 60.9 Å². The summed E-state index contributed by atoms with van der Waals surface area (Å²) in [6.45, 7) is 5.16. The zero-order valence-corrected chi connectivity index (χ0v) is 17.3. The molecule has 0 spiro atoms. The Kier molecular flexibility index (Phi) is 6.78. The Morgan fingerprint density at radius 3 is 2.23 bits per heavy atom. The zero-order valence-electron chi connectivity index (χ0n) is 16.5. The van der Waals surface area contributed by atoms with Crippen molar-refractivity contribution in [2.45, 2.75) is 25.1 Å². The molecule has 4 nitrogen and oxygen atoms in total. The van der Waals surface area contributed by atoms with Crippen LogP contribution in [0.25, 0.3) is 0 Å². The van der Waals surface area contributed by atoms with Gasteiger partial charge in [-0.2, -0.15) is 13.2 Å². The molecular formula is C22H19F4N3OS. The molecule has 1 N–H and O–H groups in total. The van der Waals surface area contributed by atoms with Gasteiger partial charge in [0.1, 0.15) is 10.7 Å². The van der Waals surface area contributed by atoms with E-state index in [2.05, 4.69) is 21.3 Å². The van der Waals surface area contributed by atoms with Crippen LogP contribution in [0, 0.1) is 5.82 Å². The first-order chi connectivity index (χ1) is 14.6. The number of rotatable bonds is 7. The standard InChI is InChI=1S/C22H19F4N3OS/c1-15(2)31(30)29-21(20-27-9-6-10-28-20,14-16-7-4-3-5-8-16)17-11-18(22(24,25)26)13-19(23)12-17/h3-13,29H,1,14H2,2H3/t21-,31+/m0/s1. The number of nitrogens with zero attached hydrogens (tertiary/aromatic N) is 2. The van der Waals surface area contributed by atoms with Crippen molar-refractivity contribution in [2.75, 3.05) is 0 Å². The summed E-state index contributed by atoms with van der Waals surface area (Å²) < 4.78 is 70.4. The minimum absolute atomic E-state index is 0.0115. The van der Waals surface area contributed by atoms with Crippen LogP contribution in [0.2, 0.25) is 0 Å². The van der Waals surface area contributed by atoms with Crippen molar-refractivity contribution in [3.63, 3.8) is 0 Å². The Bertz CT molecular complexity index is 1050. The number of nitrogens with one attached hydrogen (secondary N) is 1. The van der Waals surface area contributed by atoms with Gasteiger partial charge in [0.2, 0.25) is 0 Å². The van der Waals surface area contributed by atoms with E-state index < -0.39 is 34.5 Å². The Morgan fingerprint density at radius 2 is 1.65 bits per heavy atom. The van der Waals surface area contributed by atoms with Crippen LogP contribution in [0.5, 0.6) is 0 Å². The molecule has 0 saturated heterocycles. The lowest BCUT2D eigenvalue weighted by Crippen LogP contribution is -2.49. The van der Waals surface area contributed by atoms with Gasteiger partial charge >= 0.3 is 6.18 Å². The quantitative estimate of drug-likeness (QED) is 0.411. The van der Waals surface area contributed by atoms with Crippen LogP contribution in [0.3, 0.4) is 0 Å². The highest BCUT2D eigenvalue weighted by Gasteiger charge is 2.44. The third-order valence-corrected chi connectivity index (χ3v) is 5.73. The van der Waals surface area contributed by atoms with E-state index in [1.165, 1.54) is 19.3 Å². The summed E-state index contributed by atoms with van der Waals surface area (Å²) in [5.74, 6) is -1.03. The monoisotopic (exact) mass is 449 g/mol. The Labute approximate surface area is 180 Å². The van der Waals surface area contributed by atoms with Crippen LogP contribution in [-0.2, 0) is 29.5 Å². The van der Waals surface area contributed by atoms with Crippen molar-refractivity contribution in [2.24, 2.45) is 0 Å². The van der Waals surface area contributed by atoms with Crippen molar-refractivity contribution in [1.82, 2.24) is 14.7 Å². The largest absolute Gasteiger partial charge is 0.593 e. The minimum atomic E-state index is -4.78. The third kappa shape index (κ3) is 5.30. The molecule has 0 fully saturated rings. The van der Waals surface area contributed by atoms with Gasteiger partial charge in [-0.05, 0) is 42.0 Å². The van der Waals surface area contributed by atoms with Crippen LogP contribution in [0.15, 0.2) is 78.5 Å². The summed E-state index contributed by atoms with van der Waals surface area (Å²) in [5, 5.41) is 0. The maximum Gasteiger partial charge on any atom is 0.416 e. The van der Waals surface area contributed by atoms with E-state index in [9.17, 15) is 22.1 Å². The number of allylic oxidation sites excluding steroid dienone is 1. The summed E-state index contributed by atoms with van der Waals surface area (Å²) in [7, 11) is 0. The van der Waals surface area contributed by atoms with Gasteiger partial charge < -0.3 is 4.55 Å². The smallest absolute Gasteiger partial charge is 0.416 e. The summed E-state index contributed by atoms with van der Waals surface area (Å²) in [6.07, 6.45) is -1.94. The SMILES string of the molecule is C=C(C)[S@@+]([O-])N[C@@](Cc1ccccc1)(c1cc(F)cc(C(F)(F)F)c1)c1ncccn1. The number of alkyl halides is 3. The van der Waals surface area contributed by atoms with Gasteiger partial charge in [-0.1, -0.05) is 30.3 Å². The highest BCUT2D eigenvalue weighted by atomic mass is 32.2. The summed E-state index contributed by atoms with van der Waals surface area (Å²) in [5.41, 5.74) is -2.21. The fraction of sp³-hybridized carbons (Fsp3) is 0.182. The molecule has 0 aliphatic heterocycles. The second-order valence-corrected chi connectivity index (χ2v) is 8.38. The molecule has 9 heteroatoms. The second kappa shape index (κ2) is 9.17. The number of hydrogen-bond acceptors (Lipinski definition) is 4. The zero-order chi connectivity index (χ0) is 22.6. The van der Waals surface area contributed by atoms with Gasteiger partial charge in [-0.15, -0.1) is 4.72 Å². The van der Waals surface area contributed by atoms with Gasteiger partial charge in [0.15, 0.2) is 11.4 Å². The third-order valence-electron chi connectivity index (χ3n) is 4.56. The molecule has 0 unspecified atom stereocenters. The van der Waals surface area contributed by atoms with Gasteiger partial charge in [0.25, 0.3) is 0 Å². The maximum atomic E-state index is 14.4. The predicted molar refractivity (Wildman–Crippen MR) is 110 cm³/mol. The molecule has 0 amide bonds. The first kappa shape index (κ1) is 22.9. The normalized spacial score (nSPS) is 14.6. The molecule has 0 aliphatic rings. The van der Waals surface area contributed by atoms with Gasteiger partial charge in [-0.3, -0.25) is 0 Å². The van der Waals surface area contributed by atoms with Crippen molar-refractivity contribution in [3.05, 3.63) is 107 Å². The number of aromatic nitrogens is 2. The van der Waals surface area contributed by atoms with Crippen LogP contribution < -0.4 is 4.72 Å². The average Bonchev–Trinajstić information content (AvgIpc) is 2.73. The molecule has 0 saturated carbocycles. The molecule has 3 aromatic rings. The van der Waals surface area contributed by atoms with E-state index in [-0.39, 0.29) is 22.7 Å². The number of hydrogen-bond donors (Lipinski definition) is 1. The second-order valence-electron chi connectivity index (χ2n) is 6.94. The van der Waals surface area contributed by atoms with E-state index in [0.717, 1.165) is 12.1 Å². The van der Waals surface area contributed by atoms with Crippen LogP contribution in [0.1, 0.15) is 29.4 Å². The molecule has 3 rings (SSSR count). The number of halogens is 4. The van der Waals surface area contributed by atoms with Crippen molar-refractivity contribution >= 4 is 11.4 Å². The first-order valence-corrected chi connectivity index (χ1v) is 10.3. The maximum absolute atomic E-state index is 14.4. The van der Waals surface area contributed by atoms with Gasteiger partial charge in [-0.25, -0.2) is 14.4 Å². The fourth-order valence-corrected chi connectivity index (χ4v) is 3.89. The highest BCUT2D eigenvalue weighted by Crippen LogP contribution is 2.37. The lowest BCUT2D eigenvalue weighted by atomic mass is 9.83. The van der Waals surface area contributed by atoms with E-state index in [1.807, 2.05) is 0 Å². The predicted octanol–water partition coefficient (Wildman–Crippen LogP) is 4.91. The van der Waals surface area contributed by atoms with Gasteiger partial charge in [0, 0.05) is 25.7 Å². The summed E-state index contributed by atoms with van der Waals surface area (Å²) in [6, 6.07) is 12.6. The van der Waals surface area contributed by atoms with Crippen molar-refractivity contribution in [1.29, 1.82) is 0 Å². The van der Waals surface area contributed by atoms with Crippen molar-refractivity contribution in [3.8, 4) is 0 Å². The molecular weight excluding hydrogens is 430 g/mol. The van der Waals surface area contributed by atoms with E-state index in [4.69, 9.17) is 0 Å². The molecule has 2 atom stereocenters. The van der Waals surface area contributed by atoms with Crippen molar-refractivity contribution < 1.29 is 22.1 Å².